The van der Waals surface area contributed by atoms with Crippen LogP contribution < -0.4 is 5.32 Å². The maximum Gasteiger partial charge on any atom is 0.0249 e. The molecule has 28 heavy (non-hydrogen) atoms. The van der Waals surface area contributed by atoms with Crippen LogP contribution in [0.4, 0.5) is 0 Å². The molecule has 1 saturated carbocycles. The average molecular weight is 393 g/mol. The number of unbranched alkanes of at least 4 members (excludes halogenated alkanes) is 2. The lowest BCUT2D eigenvalue weighted by Crippen LogP contribution is -2.27. The van der Waals surface area contributed by atoms with Crippen molar-refractivity contribution in [1.29, 1.82) is 0 Å². The number of likely N-dealkylation sites (N-methyl/N-ethyl adjacent to an activating group) is 1. The molecule has 0 bridgehead atoms. The van der Waals surface area contributed by atoms with E-state index >= 15 is 0 Å². The molecule has 2 nitrogen and oxygen atoms in total. The van der Waals surface area contributed by atoms with Crippen LogP contribution in [0, 0.1) is 11.8 Å². The van der Waals surface area contributed by atoms with Crippen molar-refractivity contribution in [2.75, 3.05) is 26.7 Å². The Bertz CT molecular complexity index is 359. The van der Waals surface area contributed by atoms with Crippen LogP contribution in [0.3, 0.4) is 0 Å². The van der Waals surface area contributed by atoms with Gasteiger partial charge < -0.3 is 10.2 Å². The zero-order valence-electron chi connectivity index (χ0n) is 19.9. The minimum Gasteiger partial charge on any atom is -0.314 e. The Morgan fingerprint density at radius 1 is 0.964 bits per heavy atom. The van der Waals surface area contributed by atoms with Crippen LogP contribution in [0.1, 0.15) is 111 Å². The molecule has 1 rings (SSSR count). The van der Waals surface area contributed by atoms with E-state index in [1.54, 1.807) is 0 Å². The lowest BCUT2D eigenvalue weighted by Gasteiger charge is -2.25. The summed E-state index contributed by atoms with van der Waals surface area (Å²) in [6, 6.07) is 0.544. The quantitative estimate of drug-likeness (QED) is 0.208. The summed E-state index contributed by atoms with van der Waals surface area (Å²) in [5.41, 5.74) is 0. The van der Waals surface area contributed by atoms with Gasteiger partial charge in [0.05, 0.1) is 0 Å². The van der Waals surface area contributed by atoms with Crippen LogP contribution >= 0.6 is 0 Å². The van der Waals surface area contributed by atoms with Gasteiger partial charge in [-0.25, -0.2) is 0 Å². The van der Waals surface area contributed by atoms with Crippen LogP contribution in [-0.4, -0.2) is 37.6 Å². The smallest absolute Gasteiger partial charge is 0.0249 e. The Balaban J connectivity index is 2.22. The van der Waals surface area contributed by atoms with Gasteiger partial charge in [0, 0.05) is 12.6 Å². The van der Waals surface area contributed by atoms with Crippen LogP contribution in [-0.2, 0) is 0 Å². The Kier molecular flexibility index (Phi) is 16.1. The predicted octanol–water partition coefficient (Wildman–Crippen LogP) is 7.20. The summed E-state index contributed by atoms with van der Waals surface area (Å²) in [5.74, 6) is 1.86. The van der Waals surface area contributed by atoms with E-state index in [2.05, 4.69) is 50.2 Å². The fourth-order valence-electron chi connectivity index (χ4n) is 4.84. The second-order valence-corrected chi connectivity index (χ2v) is 9.44. The molecule has 0 aromatic carbocycles. The molecule has 0 aromatic heterocycles. The van der Waals surface area contributed by atoms with Crippen molar-refractivity contribution in [3.63, 3.8) is 0 Å². The molecule has 2 atom stereocenters. The Morgan fingerprint density at radius 3 is 2.43 bits per heavy atom. The first-order chi connectivity index (χ1) is 13.7. The number of nitrogens with one attached hydrogen (secondary N) is 1. The summed E-state index contributed by atoms with van der Waals surface area (Å²) >= 11 is 0. The van der Waals surface area contributed by atoms with Crippen LogP contribution in [0.5, 0.6) is 0 Å². The van der Waals surface area contributed by atoms with Gasteiger partial charge in [-0.3, -0.25) is 0 Å². The molecule has 0 aromatic rings. The molecule has 2 heteroatoms. The zero-order chi connectivity index (χ0) is 20.5. The van der Waals surface area contributed by atoms with Crippen molar-refractivity contribution in [2.45, 2.75) is 117 Å². The molecule has 0 amide bonds. The van der Waals surface area contributed by atoms with Crippen molar-refractivity contribution >= 4 is 0 Å². The molecule has 0 radical (unpaired) electrons. The Hall–Kier alpha value is -0.340. The molecule has 1 fully saturated rings. The van der Waals surface area contributed by atoms with Crippen molar-refractivity contribution < 1.29 is 0 Å². The third-order valence-electron chi connectivity index (χ3n) is 6.66. The van der Waals surface area contributed by atoms with Gasteiger partial charge in [0.15, 0.2) is 0 Å². The topological polar surface area (TPSA) is 15.3 Å². The van der Waals surface area contributed by atoms with Gasteiger partial charge in [0.1, 0.15) is 0 Å². The number of hydrogen-bond donors (Lipinski definition) is 1. The van der Waals surface area contributed by atoms with E-state index in [9.17, 15) is 0 Å². The van der Waals surface area contributed by atoms with Gasteiger partial charge in [-0.2, -0.15) is 0 Å². The van der Waals surface area contributed by atoms with Gasteiger partial charge in [0.2, 0.25) is 0 Å². The number of hydrogen-bond acceptors (Lipinski definition) is 2. The summed E-state index contributed by atoms with van der Waals surface area (Å²) < 4.78 is 0. The molecule has 166 valence electrons. The van der Waals surface area contributed by atoms with Gasteiger partial charge in [-0.05, 0) is 64.1 Å². The Morgan fingerprint density at radius 2 is 1.75 bits per heavy atom. The van der Waals surface area contributed by atoms with Crippen molar-refractivity contribution in [2.24, 2.45) is 11.8 Å². The predicted molar refractivity (Wildman–Crippen MR) is 127 cm³/mol. The molecule has 2 unspecified atom stereocenters. The highest BCUT2D eigenvalue weighted by molar-refractivity contribution is 4.93. The summed E-state index contributed by atoms with van der Waals surface area (Å²) in [7, 11) is 2.11. The first-order valence-corrected chi connectivity index (χ1v) is 12.8. The molecule has 1 aliphatic carbocycles. The van der Waals surface area contributed by atoms with E-state index in [4.69, 9.17) is 0 Å². The monoisotopic (exact) mass is 392 g/mol. The molecule has 0 spiro atoms. The lowest BCUT2D eigenvalue weighted by molar-refractivity contribution is 0.252. The van der Waals surface area contributed by atoms with E-state index < -0.39 is 0 Å². The molecule has 0 aliphatic heterocycles. The third-order valence-corrected chi connectivity index (χ3v) is 6.66. The molecular formula is C26H52N2. The fraction of sp³-hybridized carbons (Fsp3) is 0.923. The minimum absolute atomic E-state index is 0.544. The molecule has 0 saturated heterocycles. The highest BCUT2D eigenvalue weighted by Crippen LogP contribution is 2.27. The maximum absolute atomic E-state index is 3.51. The van der Waals surface area contributed by atoms with Gasteiger partial charge in [-0.15, -0.1) is 0 Å². The third kappa shape index (κ3) is 13.0. The first kappa shape index (κ1) is 25.7. The van der Waals surface area contributed by atoms with E-state index in [0.29, 0.717) is 6.04 Å². The second-order valence-electron chi connectivity index (χ2n) is 9.44. The number of rotatable bonds is 17. The molecule has 1 aliphatic rings. The summed E-state index contributed by atoms with van der Waals surface area (Å²) in [5, 5.41) is 3.51. The average Bonchev–Trinajstić information content (AvgIpc) is 2.71. The van der Waals surface area contributed by atoms with E-state index in [1.165, 1.54) is 110 Å². The van der Waals surface area contributed by atoms with Crippen molar-refractivity contribution in [3.8, 4) is 0 Å². The van der Waals surface area contributed by atoms with Crippen molar-refractivity contribution in [1.82, 2.24) is 10.2 Å². The van der Waals surface area contributed by atoms with Crippen LogP contribution in [0.25, 0.3) is 0 Å². The van der Waals surface area contributed by atoms with E-state index in [-0.39, 0.29) is 0 Å². The van der Waals surface area contributed by atoms with Gasteiger partial charge in [-0.1, -0.05) is 90.7 Å². The second kappa shape index (κ2) is 17.5. The largest absolute Gasteiger partial charge is 0.314 e. The SMILES string of the molecule is CCCCCC(C)CC(C=CCCN(CCC)CCCC1CCCCC1)NC. The first-order valence-electron chi connectivity index (χ1n) is 12.8. The van der Waals surface area contributed by atoms with Crippen molar-refractivity contribution in [3.05, 3.63) is 12.2 Å². The molecular weight excluding hydrogens is 340 g/mol. The van der Waals surface area contributed by atoms with Crippen LogP contribution in [0.2, 0.25) is 0 Å². The van der Waals surface area contributed by atoms with E-state index in [0.717, 1.165) is 11.8 Å². The van der Waals surface area contributed by atoms with Crippen LogP contribution in [0.15, 0.2) is 12.2 Å². The Labute approximate surface area is 177 Å². The van der Waals surface area contributed by atoms with Gasteiger partial charge in [0.25, 0.3) is 0 Å². The lowest BCUT2D eigenvalue weighted by atomic mass is 9.86. The minimum atomic E-state index is 0.544. The molecule has 1 N–H and O–H groups in total. The fourth-order valence-corrected chi connectivity index (χ4v) is 4.84. The van der Waals surface area contributed by atoms with E-state index in [1.807, 2.05) is 0 Å². The number of nitrogens with zero attached hydrogens (tertiary/aromatic N) is 1. The molecule has 0 heterocycles. The highest BCUT2D eigenvalue weighted by Gasteiger charge is 2.13. The normalized spacial score (nSPS) is 18.2. The zero-order valence-corrected chi connectivity index (χ0v) is 19.9. The summed E-state index contributed by atoms with van der Waals surface area (Å²) in [4.78, 5) is 2.70. The highest BCUT2D eigenvalue weighted by atomic mass is 15.1. The maximum atomic E-state index is 3.51. The summed E-state index contributed by atoms with van der Waals surface area (Å²) in [6.45, 7) is 10.8. The standard InChI is InChI=1S/C26H52N2/c1-5-7-9-15-24(3)23-26(27-4)19-12-13-21-28(20-6-2)22-14-18-25-16-10-8-11-17-25/h12,19,24-27H,5-11,13-18,20-23H2,1-4H3. The van der Waals surface area contributed by atoms with Gasteiger partial charge >= 0.3 is 0 Å². The summed E-state index contributed by atoms with van der Waals surface area (Å²) in [6.07, 6.45) is 24.4.